The molecule has 1 amide bonds. The number of para-hydroxylation sites is 1. The number of sulfonamides is 1. The summed E-state index contributed by atoms with van der Waals surface area (Å²) < 4.78 is 36.8. The number of carbonyl (C=O) groups is 1. The zero-order valence-corrected chi connectivity index (χ0v) is 19.1. The van der Waals surface area contributed by atoms with E-state index in [1.165, 1.54) is 32.9 Å². The number of benzene rings is 2. The Hall–Kier alpha value is -3.46. The SMILES string of the molecule is CC(Oc1ccc(C(=O)NS(=O)(=O)C(C)(C)C)nn1)c1cccc(Oc2ccccc2)c1. The average molecular weight is 456 g/mol. The van der Waals surface area contributed by atoms with Crippen molar-refractivity contribution in [1.29, 1.82) is 0 Å². The summed E-state index contributed by atoms with van der Waals surface area (Å²) in [6.45, 7) is 6.32. The Balaban J connectivity index is 1.65. The first-order valence-electron chi connectivity index (χ1n) is 9.95. The molecule has 0 spiro atoms. The van der Waals surface area contributed by atoms with Crippen LogP contribution in [0.25, 0.3) is 0 Å². The maximum absolute atomic E-state index is 12.2. The predicted molar refractivity (Wildman–Crippen MR) is 120 cm³/mol. The number of nitrogens with one attached hydrogen (secondary N) is 1. The number of amides is 1. The highest BCUT2D eigenvalue weighted by molar-refractivity contribution is 7.91. The van der Waals surface area contributed by atoms with E-state index in [4.69, 9.17) is 9.47 Å². The third-order valence-electron chi connectivity index (χ3n) is 4.51. The van der Waals surface area contributed by atoms with Crippen LogP contribution < -0.4 is 14.2 Å². The van der Waals surface area contributed by atoms with Crippen molar-refractivity contribution in [2.45, 2.75) is 38.5 Å². The Morgan fingerprint density at radius 2 is 1.62 bits per heavy atom. The summed E-state index contributed by atoms with van der Waals surface area (Å²) in [5.74, 6) is 0.744. The molecule has 3 rings (SSSR count). The van der Waals surface area contributed by atoms with Crippen LogP contribution >= 0.6 is 0 Å². The van der Waals surface area contributed by atoms with Gasteiger partial charge in [-0.25, -0.2) is 13.1 Å². The minimum absolute atomic E-state index is 0.129. The molecule has 1 N–H and O–H groups in total. The van der Waals surface area contributed by atoms with Gasteiger partial charge in [0.2, 0.25) is 15.9 Å². The van der Waals surface area contributed by atoms with Crippen molar-refractivity contribution in [3.05, 3.63) is 78.0 Å². The number of aromatic nitrogens is 2. The molecule has 8 nitrogen and oxygen atoms in total. The number of hydrogen-bond acceptors (Lipinski definition) is 7. The van der Waals surface area contributed by atoms with Crippen molar-refractivity contribution in [3.8, 4) is 17.4 Å². The minimum Gasteiger partial charge on any atom is -0.469 e. The van der Waals surface area contributed by atoms with Gasteiger partial charge in [-0.05, 0) is 63.6 Å². The second-order valence-electron chi connectivity index (χ2n) is 8.05. The van der Waals surface area contributed by atoms with E-state index in [0.717, 1.165) is 11.3 Å². The van der Waals surface area contributed by atoms with Crippen LogP contribution in [0.3, 0.4) is 0 Å². The number of nitrogens with zero attached hydrogens (tertiary/aromatic N) is 2. The summed E-state index contributed by atoms with van der Waals surface area (Å²) in [5.41, 5.74) is 0.731. The van der Waals surface area contributed by atoms with Crippen LogP contribution in [0.1, 0.15) is 49.9 Å². The minimum atomic E-state index is -3.85. The summed E-state index contributed by atoms with van der Waals surface area (Å²) in [5, 5.41) is 7.68. The van der Waals surface area contributed by atoms with Crippen LogP contribution in [-0.2, 0) is 10.0 Å². The van der Waals surface area contributed by atoms with Crippen LogP contribution in [-0.4, -0.2) is 29.3 Å². The zero-order chi connectivity index (χ0) is 23.4. The van der Waals surface area contributed by atoms with E-state index in [1.54, 1.807) is 0 Å². The van der Waals surface area contributed by atoms with E-state index in [9.17, 15) is 13.2 Å². The Labute approximate surface area is 187 Å². The normalized spacial score (nSPS) is 12.6. The molecule has 2 aromatic carbocycles. The fourth-order valence-electron chi connectivity index (χ4n) is 2.54. The standard InChI is InChI=1S/C23H25N3O5S/c1-16(17-9-8-12-19(15-17)31-18-10-6-5-7-11-18)30-21-14-13-20(24-25-21)22(27)26-32(28,29)23(2,3)4/h5-16H,1-4H3,(H,26,27). The van der Waals surface area contributed by atoms with Crippen LogP contribution in [0, 0.1) is 0 Å². The van der Waals surface area contributed by atoms with Gasteiger partial charge in [-0.3, -0.25) is 4.79 Å². The molecule has 0 aliphatic rings. The maximum atomic E-state index is 12.2. The van der Waals surface area contributed by atoms with Crippen molar-refractivity contribution < 1.29 is 22.7 Å². The highest BCUT2D eigenvalue weighted by Gasteiger charge is 2.31. The first-order valence-corrected chi connectivity index (χ1v) is 11.4. The molecule has 3 aromatic rings. The first kappa shape index (κ1) is 23.2. The summed E-state index contributed by atoms with van der Waals surface area (Å²) in [6.07, 6.45) is -0.371. The summed E-state index contributed by atoms with van der Waals surface area (Å²) >= 11 is 0. The maximum Gasteiger partial charge on any atom is 0.285 e. The highest BCUT2D eigenvalue weighted by atomic mass is 32.2. The molecule has 0 aliphatic carbocycles. The van der Waals surface area contributed by atoms with E-state index in [-0.39, 0.29) is 17.7 Å². The van der Waals surface area contributed by atoms with Gasteiger partial charge in [0.1, 0.15) is 17.6 Å². The third-order valence-corrected chi connectivity index (χ3v) is 6.58. The van der Waals surface area contributed by atoms with Gasteiger partial charge in [-0.1, -0.05) is 30.3 Å². The second kappa shape index (κ2) is 9.35. The summed E-state index contributed by atoms with van der Waals surface area (Å²) in [4.78, 5) is 12.2. The molecule has 9 heteroatoms. The number of ether oxygens (including phenoxy) is 2. The van der Waals surface area contributed by atoms with Gasteiger partial charge in [0.05, 0.1) is 4.75 Å². The van der Waals surface area contributed by atoms with E-state index in [1.807, 2.05) is 66.2 Å². The number of hydrogen-bond donors (Lipinski definition) is 1. The first-order chi connectivity index (χ1) is 15.0. The summed E-state index contributed by atoms with van der Waals surface area (Å²) in [7, 11) is -3.85. The molecule has 0 aliphatic heterocycles. The molecule has 1 aromatic heterocycles. The quantitative estimate of drug-likeness (QED) is 0.567. The Bertz CT molecular complexity index is 1170. The van der Waals surface area contributed by atoms with Crippen LogP contribution in [0.15, 0.2) is 66.7 Å². The van der Waals surface area contributed by atoms with Gasteiger partial charge in [-0.15, -0.1) is 10.2 Å². The Morgan fingerprint density at radius 1 is 0.938 bits per heavy atom. The molecular weight excluding hydrogens is 430 g/mol. The number of carbonyl (C=O) groups excluding carboxylic acids is 1. The second-order valence-corrected chi connectivity index (χ2v) is 10.5. The van der Waals surface area contributed by atoms with Gasteiger partial charge in [0, 0.05) is 6.07 Å². The van der Waals surface area contributed by atoms with Gasteiger partial charge < -0.3 is 9.47 Å². The van der Waals surface area contributed by atoms with E-state index in [2.05, 4.69) is 10.2 Å². The van der Waals surface area contributed by atoms with Gasteiger partial charge in [0.25, 0.3) is 5.91 Å². The lowest BCUT2D eigenvalue weighted by atomic mass is 10.1. The van der Waals surface area contributed by atoms with Crippen molar-refractivity contribution >= 4 is 15.9 Å². The molecule has 0 radical (unpaired) electrons. The molecule has 0 fully saturated rings. The lowest BCUT2D eigenvalue weighted by Gasteiger charge is -2.19. The van der Waals surface area contributed by atoms with E-state index < -0.39 is 20.7 Å². The van der Waals surface area contributed by atoms with Gasteiger partial charge in [-0.2, -0.15) is 0 Å². The number of rotatable bonds is 7. The van der Waals surface area contributed by atoms with Crippen LogP contribution in [0.2, 0.25) is 0 Å². The van der Waals surface area contributed by atoms with Gasteiger partial charge >= 0.3 is 0 Å². The molecular formula is C23H25N3O5S. The largest absolute Gasteiger partial charge is 0.469 e. The van der Waals surface area contributed by atoms with Crippen LogP contribution in [0.4, 0.5) is 0 Å². The fourth-order valence-corrected chi connectivity index (χ4v) is 3.19. The van der Waals surface area contributed by atoms with Crippen molar-refractivity contribution in [2.24, 2.45) is 0 Å². The monoisotopic (exact) mass is 455 g/mol. The van der Waals surface area contributed by atoms with E-state index in [0.29, 0.717) is 5.75 Å². The fraction of sp³-hybridized carbons (Fsp3) is 0.261. The molecule has 0 bridgehead atoms. The Morgan fingerprint density at radius 3 is 2.25 bits per heavy atom. The molecule has 32 heavy (non-hydrogen) atoms. The molecule has 1 atom stereocenters. The topological polar surface area (TPSA) is 107 Å². The predicted octanol–water partition coefficient (Wildman–Crippen LogP) is 4.27. The van der Waals surface area contributed by atoms with E-state index >= 15 is 0 Å². The average Bonchev–Trinajstić information content (AvgIpc) is 2.74. The highest BCUT2D eigenvalue weighted by Crippen LogP contribution is 2.26. The van der Waals surface area contributed by atoms with Crippen molar-refractivity contribution in [2.75, 3.05) is 0 Å². The summed E-state index contributed by atoms with van der Waals surface area (Å²) in [6, 6.07) is 19.7. The molecule has 168 valence electrons. The lowest BCUT2D eigenvalue weighted by molar-refractivity contribution is 0.0974. The smallest absolute Gasteiger partial charge is 0.285 e. The Kier molecular flexibility index (Phi) is 6.78. The third kappa shape index (κ3) is 5.82. The lowest BCUT2D eigenvalue weighted by Crippen LogP contribution is -2.42. The molecule has 1 unspecified atom stereocenters. The van der Waals surface area contributed by atoms with Gasteiger partial charge in [0.15, 0.2) is 5.69 Å². The molecule has 0 saturated heterocycles. The molecule has 0 saturated carbocycles. The van der Waals surface area contributed by atoms with Crippen molar-refractivity contribution in [3.63, 3.8) is 0 Å². The van der Waals surface area contributed by atoms with Crippen molar-refractivity contribution in [1.82, 2.24) is 14.9 Å². The molecule has 1 heterocycles. The van der Waals surface area contributed by atoms with Crippen LogP contribution in [0.5, 0.6) is 17.4 Å². The zero-order valence-electron chi connectivity index (χ0n) is 18.3.